The fourth-order valence-corrected chi connectivity index (χ4v) is 2.64. The Morgan fingerprint density at radius 3 is 2.96 bits per heavy atom. The Kier molecular flexibility index (Phi) is 5.15. The average molecular weight is 351 g/mol. The molecule has 0 radical (unpaired) electrons. The number of carbonyl (C=O) groups is 1. The molecule has 2 heterocycles. The number of likely N-dealkylation sites (tertiary alicyclic amines) is 1. The van der Waals surface area contributed by atoms with Crippen molar-refractivity contribution in [2.45, 2.75) is 12.5 Å². The smallest absolute Gasteiger partial charge is 0.260 e. The maximum absolute atomic E-state index is 13.5. The van der Waals surface area contributed by atoms with Gasteiger partial charge in [-0.3, -0.25) is 9.78 Å². The van der Waals surface area contributed by atoms with Gasteiger partial charge in [-0.05, 0) is 12.1 Å². The van der Waals surface area contributed by atoms with Crippen molar-refractivity contribution in [1.29, 1.82) is 0 Å². The van der Waals surface area contributed by atoms with Gasteiger partial charge in [0.15, 0.2) is 18.2 Å². The van der Waals surface area contributed by atoms with Gasteiger partial charge in [-0.15, -0.1) is 0 Å². The summed E-state index contributed by atoms with van der Waals surface area (Å²) in [5.74, 6) is -0.0691. The predicted octanol–water partition coefficient (Wildman–Crippen LogP) is 2.93. The molecule has 1 amide bonds. The lowest BCUT2D eigenvalue weighted by molar-refractivity contribution is -0.132. The van der Waals surface area contributed by atoms with Crippen LogP contribution in [0.5, 0.6) is 11.5 Å². The van der Waals surface area contributed by atoms with Crippen LogP contribution in [0.15, 0.2) is 42.7 Å². The van der Waals surface area contributed by atoms with Crippen molar-refractivity contribution in [3.05, 3.63) is 53.6 Å². The van der Waals surface area contributed by atoms with Crippen LogP contribution in [-0.4, -0.2) is 41.6 Å². The van der Waals surface area contributed by atoms with Crippen LogP contribution >= 0.6 is 11.6 Å². The van der Waals surface area contributed by atoms with Crippen LogP contribution in [0.2, 0.25) is 5.02 Å². The molecular formula is C17H16ClFN2O3. The molecule has 0 saturated carbocycles. The molecule has 1 aliphatic rings. The number of nitrogens with zero attached hydrogens (tertiary/aromatic N) is 2. The zero-order chi connectivity index (χ0) is 16.9. The number of halogens is 2. The van der Waals surface area contributed by atoms with E-state index in [1.54, 1.807) is 29.3 Å². The fraction of sp³-hybridized carbons (Fsp3) is 0.294. The monoisotopic (exact) mass is 350 g/mol. The number of hydrogen-bond acceptors (Lipinski definition) is 4. The maximum atomic E-state index is 13.5. The van der Waals surface area contributed by atoms with Crippen molar-refractivity contribution >= 4 is 17.5 Å². The Morgan fingerprint density at radius 1 is 1.33 bits per heavy atom. The highest BCUT2D eigenvalue weighted by molar-refractivity contribution is 6.31. The van der Waals surface area contributed by atoms with Gasteiger partial charge in [0.05, 0.1) is 6.54 Å². The van der Waals surface area contributed by atoms with E-state index in [1.807, 2.05) is 0 Å². The highest BCUT2D eigenvalue weighted by Crippen LogP contribution is 2.25. The first kappa shape index (κ1) is 16.5. The van der Waals surface area contributed by atoms with Crippen LogP contribution in [-0.2, 0) is 4.79 Å². The van der Waals surface area contributed by atoms with Crippen molar-refractivity contribution in [2.75, 3.05) is 19.7 Å². The topological polar surface area (TPSA) is 51.7 Å². The molecule has 2 aromatic rings. The summed E-state index contributed by atoms with van der Waals surface area (Å²) in [6, 6.07) is 7.69. The number of benzene rings is 1. The van der Waals surface area contributed by atoms with Gasteiger partial charge in [0.25, 0.3) is 5.91 Å². The minimum absolute atomic E-state index is 0.0708. The first-order valence-corrected chi connectivity index (χ1v) is 7.92. The molecule has 0 N–H and O–H groups in total. The summed E-state index contributed by atoms with van der Waals surface area (Å²) in [6.07, 6.45) is 3.67. The Hall–Kier alpha value is -2.34. The maximum Gasteiger partial charge on any atom is 0.260 e. The van der Waals surface area contributed by atoms with Gasteiger partial charge in [-0.2, -0.15) is 0 Å². The third-order valence-electron chi connectivity index (χ3n) is 3.71. The second-order valence-electron chi connectivity index (χ2n) is 5.39. The lowest BCUT2D eigenvalue weighted by atomic mass is 10.3. The quantitative estimate of drug-likeness (QED) is 0.832. The summed E-state index contributed by atoms with van der Waals surface area (Å²) >= 11 is 6.01. The van der Waals surface area contributed by atoms with Gasteiger partial charge >= 0.3 is 0 Å². The van der Waals surface area contributed by atoms with Crippen LogP contribution in [0.1, 0.15) is 6.42 Å². The summed E-state index contributed by atoms with van der Waals surface area (Å²) < 4.78 is 24.5. The molecule has 3 rings (SSSR count). The molecule has 1 aliphatic heterocycles. The molecule has 24 heavy (non-hydrogen) atoms. The molecule has 1 fully saturated rings. The summed E-state index contributed by atoms with van der Waals surface area (Å²) in [4.78, 5) is 17.7. The van der Waals surface area contributed by atoms with Crippen LogP contribution < -0.4 is 9.47 Å². The number of carbonyl (C=O) groups excluding carboxylic acids is 1. The third kappa shape index (κ3) is 3.94. The van der Waals surface area contributed by atoms with E-state index >= 15 is 0 Å². The van der Waals surface area contributed by atoms with E-state index in [9.17, 15) is 9.18 Å². The van der Waals surface area contributed by atoms with E-state index in [0.29, 0.717) is 30.3 Å². The standard InChI is InChI=1S/C17H16ClFN2O3/c18-13-9-20-7-5-15(13)24-12-6-8-21(10-12)17(22)11-23-16-4-2-1-3-14(16)19/h1-5,7,9,12H,6,8,10-11H2/t12-/m1/s1. The van der Waals surface area contributed by atoms with Crippen molar-refractivity contribution in [1.82, 2.24) is 9.88 Å². The summed E-state index contributed by atoms with van der Waals surface area (Å²) in [5, 5.41) is 0.435. The average Bonchev–Trinajstić information content (AvgIpc) is 3.05. The van der Waals surface area contributed by atoms with E-state index in [-0.39, 0.29) is 24.4 Å². The van der Waals surface area contributed by atoms with Crippen molar-refractivity contribution in [2.24, 2.45) is 0 Å². The van der Waals surface area contributed by atoms with Gasteiger partial charge < -0.3 is 14.4 Å². The van der Waals surface area contributed by atoms with Gasteiger partial charge in [-0.25, -0.2) is 4.39 Å². The number of aromatic nitrogens is 1. The number of pyridine rings is 1. The first-order chi connectivity index (χ1) is 11.6. The lowest BCUT2D eigenvalue weighted by Crippen LogP contribution is -2.34. The zero-order valence-corrected chi connectivity index (χ0v) is 13.6. The van der Waals surface area contributed by atoms with E-state index < -0.39 is 5.82 Å². The molecule has 1 aromatic heterocycles. The summed E-state index contributed by atoms with van der Waals surface area (Å²) in [5.41, 5.74) is 0. The van der Waals surface area contributed by atoms with E-state index in [1.165, 1.54) is 18.3 Å². The molecule has 1 atom stereocenters. The number of ether oxygens (including phenoxy) is 2. The minimum Gasteiger partial charge on any atom is -0.487 e. The van der Waals surface area contributed by atoms with E-state index in [2.05, 4.69) is 4.98 Å². The highest BCUT2D eigenvalue weighted by Gasteiger charge is 2.28. The molecule has 1 aromatic carbocycles. The summed E-state index contributed by atoms with van der Waals surface area (Å²) in [6.45, 7) is 0.800. The Morgan fingerprint density at radius 2 is 2.17 bits per heavy atom. The molecule has 0 spiro atoms. The number of para-hydroxylation sites is 1. The van der Waals surface area contributed by atoms with Gasteiger partial charge in [-0.1, -0.05) is 23.7 Å². The van der Waals surface area contributed by atoms with Crippen molar-refractivity contribution in [3.8, 4) is 11.5 Å². The molecule has 7 heteroatoms. The molecular weight excluding hydrogens is 335 g/mol. The minimum atomic E-state index is -0.486. The van der Waals surface area contributed by atoms with Crippen molar-refractivity contribution in [3.63, 3.8) is 0 Å². The summed E-state index contributed by atoms with van der Waals surface area (Å²) in [7, 11) is 0. The third-order valence-corrected chi connectivity index (χ3v) is 4.00. The largest absolute Gasteiger partial charge is 0.487 e. The van der Waals surface area contributed by atoms with Gasteiger partial charge in [0.1, 0.15) is 16.9 Å². The molecule has 0 unspecified atom stereocenters. The Bertz CT molecular complexity index is 728. The second kappa shape index (κ2) is 7.49. The molecule has 0 aliphatic carbocycles. The first-order valence-electron chi connectivity index (χ1n) is 7.55. The normalized spacial score (nSPS) is 16.9. The van der Waals surface area contributed by atoms with E-state index in [4.69, 9.17) is 21.1 Å². The number of rotatable bonds is 5. The van der Waals surface area contributed by atoms with Crippen LogP contribution in [0.4, 0.5) is 4.39 Å². The van der Waals surface area contributed by atoms with Gasteiger partial charge in [0.2, 0.25) is 0 Å². The molecule has 5 nitrogen and oxygen atoms in total. The van der Waals surface area contributed by atoms with Crippen LogP contribution in [0.25, 0.3) is 0 Å². The molecule has 0 bridgehead atoms. The Labute approximate surface area is 144 Å². The number of amides is 1. The lowest BCUT2D eigenvalue weighted by Gasteiger charge is -2.18. The molecule has 1 saturated heterocycles. The SMILES string of the molecule is O=C(COc1ccccc1F)N1CC[C@@H](Oc2ccncc2Cl)C1. The fourth-order valence-electron chi connectivity index (χ4n) is 2.48. The number of hydrogen-bond donors (Lipinski definition) is 0. The second-order valence-corrected chi connectivity index (χ2v) is 5.80. The molecule has 126 valence electrons. The Balaban J connectivity index is 1.51. The zero-order valence-electron chi connectivity index (χ0n) is 12.8. The van der Waals surface area contributed by atoms with Gasteiger partial charge in [0, 0.05) is 31.4 Å². The predicted molar refractivity (Wildman–Crippen MR) is 86.8 cm³/mol. The van der Waals surface area contributed by atoms with Crippen molar-refractivity contribution < 1.29 is 18.7 Å². The van der Waals surface area contributed by atoms with Crippen LogP contribution in [0.3, 0.4) is 0 Å². The highest BCUT2D eigenvalue weighted by atomic mass is 35.5. The van der Waals surface area contributed by atoms with Crippen LogP contribution in [0, 0.1) is 5.82 Å². The van der Waals surface area contributed by atoms with E-state index in [0.717, 1.165) is 0 Å².